The molecule has 0 spiro atoms. The first-order valence-corrected chi connectivity index (χ1v) is 37.8. The van der Waals surface area contributed by atoms with Crippen LogP contribution in [0.1, 0.15) is 126 Å². The summed E-state index contributed by atoms with van der Waals surface area (Å²) in [7, 11) is 0. The standard InChI is InChI=1S/C81H101N19O12/c1-46-30-68(101)47(2)31-70(103)52(34-54-40-89-60-24-13-11-22-58(54)60)37-71(104)62(26-15-16-28-72(82)83)95-78(110)65(33-51-20-9-6-10-21-51)99-80(112)67(39-57-43-87-45-92-57)97-74(106)49(4)93-73(105)48(3)94-77(109)66(36-55-41-90-61-25-14-12-23-59(55)61)100-76(108)63(27-17-29-88-81(84)85)96-79(111)64(32-50-18-7-5-8-19-50)98-75(107)53(38-69(46)102)35-56-42-86-44-91-56/h5-14,18-25,40-49,52-53,62-67,89-90H,15-17,26-39H2,1-4H3,(H3,82,83)(H,86,91)(H,87,92)(H,93,105)(H,94,109)(H,95,110)(H,96,111)(H,97,106)(H,98,107)(H,99,112)(H,100,108)(H4,84,85,88)/t46-,47-,48+,49+,52-,53-,62+,63+,64-,65-,66+,67+/m1/s1. The van der Waals surface area contributed by atoms with Gasteiger partial charge in [0.05, 0.1) is 41.8 Å². The third kappa shape index (κ3) is 24.8. The van der Waals surface area contributed by atoms with Crippen molar-refractivity contribution >= 4 is 104 Å². The molecule has 1 fully saturated rings. The minimum atomic E-state index is -1.47. The number of carbonyl (C=O) groups is 12. The number of nitrogens with zero attached hydrogens (tertiary/aromatic N) is 2. The molecular weight excluding hydrogens is 1430 g/mol. The van der Waals surface area contributed by atoms with E-state index in [0.29, 0.717) is 51.0 Å². The first-order valence-electron chi connectivity index (χ1n) is 37.8. The summed E-state index contributed by atoms with van der Waals surface area (Å²) in [5.41, 5.74) is 16.0. The van der Waals surface area contributed by atoms with Crippen LogP contribution in [0.2, 0.25) is 0 Å². The van der Waals surface area contributed by atoms with E-state index in [1.54, 1.807) is 105 Å². The lowest BCUT2D eigenvalue weighted by Crippen LogP contribution is -2.60. The zero-order valence-electron chi connectivity index (χ0n) is 63.3. The molecule has 8 aromatic rings. The molecule has 1 saturated heterocycles. The van der Waals surface area contributed by atoms with Crippen LogP contribution in [0.15, 0.2) is 147 Å². The third-order valence-electron chi connectivity index (χ3n) is 20.2. The van der Waals surface area contributed by atoms with Crippen LogP contribution in [0.25, 0.3) is 21.8 Å². The number of nitrogens with two attached hydrogens (primary N) is 2. The second kappa shape index (κ2) is 40.8. The lowest BCUT2D eigenvalue weighted by atomic mass is 9.82. The van der Waals surface area contributed by atoms with Gasteiger partial charge in [-0.3, -0.25) is 68.4 Å². The number of guanidine groups is 1. The van der Waals surface area contributed by atoms with Crippen molar-refractivity contribution in [3.05, 3.63) is 180 Å². The van der Waals surface area contributed by atoms with E-state index >= 15 is 28.8 Å². The second-order valence-corrected chi connectivity index (χ2v) is 29.0. The van der Waals surface area contributed by atoms with Crippen LogP contribution in [0, 0.1) is 34.5 Å². The Morgan fingerprint density at radius 3 is 1.37 bits per heavy atom. The Bertz CT molecular complexity index is 4310. The zero-order chi connectivity index (χ0) is 80.4. The highest BCUT2D eigenvalue weighted by Crippen LogP contribution is 2.28. The summed E-state index contributed by atoms with van der Waals surface area (Å²) in [4.78, 5) is 199. The molecule has 4 aromatic carbocycles. The van der Waals surface area contributed by atoms with E-state index < -0.39 is 155 Å². The molecule has 1 aliphatic heterocycles. The molecular formula is C81H101N19O12. The number of aromatic nitrogens is 6. The van der Waals surface area contributed by atoms with Gasteiger partial charge < -0.3 is 79.3 Å². The summed E-state index contributed by atoms with van der Waals surface area (Å²) in [5, 5.41) is 42.0. The average molecular weight is 1530 g/mol. The number of hydrogen-bond acceptors (Lipinski definition) is 16. The summed E-state index contributed by atoms with van der Waals surface area (Å²) in [5.74, 6) is -13.4. The van der Waals surface area contributed by atoms with Gasteiger partial charge in [0.1, 0.15) is 59.6 Å². The van der Waals surface area contributed by atoms with Gasteiger partial charge >= 0.3 is 0 Å². The number of ketones is 4. The number of nitrogens with one attached hydrogen (secondary N) is 15. The lowest BCUT2D eigenvalue weighted by Gasteiger charge is -2.27. The van der Waals surface area contributed by atoms with E-state index in [1.807, 2.05) is 36.4 Å². The van der Waals surface area contributed by atoms with Crippen molar-refractivity contribution in [2.24, 2.45) is 35.1 Å². The van der Waals surface area contributed by atoms with Crippen LogP contribution >= 0.6 is 0 Å². The maximum atomic E-state index is 15.2. The number of H-pyrrole nitrogens is 4. The van der Waals surface area contributed by atoms with Crippen molar-refractivity contribution in [1.29, 1.82) is 10.8 Å². The maximum Gasteiger partial charge on any atom is 0.243 e. The summed E-state index contributed by atoms with van der Waals surface area (Å²) < 4.78 is 0. The summed E-state index contributed by atoms with van der Waals surface area (Å²) >= 11 is 0. The fourth-order valence-electron chi connectivity index (χ4n) is 13.7. The van der Waals surface area contributed by atoms with Crippen molar-refractivity contribution in [3.8, 4) is 0 Å². The molecule has 0 aliphatic carbocycles. The van der Waals surface area contributed by atoms with Crippen LogP contribution in [-0.2, 0) is 96.1 Å². The molecule has 12 atom stereocenters. The molecule has 0 bridgehead atoms. The Morgan fingerprint density at radius 1 is 0.402 bits per heavy atom. The number of amidine groups is 1. The fourth-order valence-corrected chi connectivity index (χ4v) is 13.7. The van der Waals surface area contributed by atoms with Crippen LogP contribution in [0.3, 0.4) is 0 Å². The molecule has 1 aliphatic rings. The predicted octanol–water partition coefficient (Wildman–Crippen LogP) is 3.88. The highest BCUT2D eigenvalue weighted by molar-refractivity contribution is 6.01. The van der Waals surface area contributed by atoms with E-state index in [1.165, 1.54) is 32.7 Å². The lowest BCUT2D eigenvalue weighted by molar-refractivity contribution is -0.136. The molecule has 31 nitrogen and oxygen atoms in total. The molecule has 0 saturated carbocycles. The SMILES string of the molecule is C[C@@H]1CC(=O)[C@H](Cc2c[nH]c3ccccc23)CC(=O)[C@H](CCCCC(=N)N)NC(=O)[C@@H](Cc2ccccc2)NC(=O)[C@H](Cc2c[nH]cn2)NC(=O)[C@H](C)NC(=O)[C@H](C)NC(=O)[C@H](Cc2c[nH]c3ccccc23)NC(=O)[C@H](CCCNC(=N)N)NC(=O)[C@@H](Cc2ccccc2)NC(=O)[C@H](Cc2c[nH]cn2)CC(=O)[C@H](C)CC1=O. The monoisotopic (exact) mass is 1530 g/mol. The fraction of sp³-hybridized carbons (Fsp3) is 0.407. The third-order valence-corrected chi connectivity index (χ3v) is 20.2. The molecule has 4 aromatic heterocycles. The highest BCUT2D eigenvalue weighted by atomic mass is 16.2. The van der Waals surface area contributed by atoms with Crippen LogP contribution in [0.4, 0.5) is 0 Å². The Kier molecular flexibility index (Phi) is 30.5. The summed E-state index contributed by atoms with van der Waals surface area (Å²) in [6.07, 6.45) is 7.76. The highest BCUT2D eigenvalue weighted by Gasteiger charge is 2.38. The average Bonchev–Trinajstić information content (AvgIpc) is 1.65. The van der Waals surface area contributed by atoms with Gasteiger partial charge in [0.2, 0.25) is 47.3 Å². The molecule has 19 N–H and O–H groups in total. The number of para-hydroxylation sites is 2. The molecule has 8 amide bonds. The number of rotatable bonds is 21. The normalized spacial score (nSPS) is 23.4. The van der Waals surface area contributed by atoms with Gasteiger partial charge in [-0.05, 0) is 80.3 Å². The largest absolute Gasteiger partial charge is 0.388 e. The molecule has 592 valence electrons. The molecule has 5 heterocycles. The number of aromatic amines is 4. The number of amides is 8. The Hall–Kier alpha value is -12.4. The molecule has 0 unspecified atom stereocenters. The van der Waals surface area contributed by atoms with Crippen LogP contribution < -0.4 is 59.3 Å². The topological polar surface area (TPSA) is 502 Å². The van der Waals surface area contributed by atoms with E-state index in [9.17, 15) is 28.8 Å². The zero-order valence-corrected chi connectivity index (χ0v) is 63.3. The first-order chi connectivity index (χ1) is 53.7. The Balaban J connectivity index is 1.07. The molecule has 0 radical (unpaired) electrons. The minimum Gasteiger partial charge on any atom is -0.388 e. The van der Waals surface area contributed by atoms with Gasteiger partial charge in [0.15, 0.2) is 11.7 Å². The van der Waals surface area contributed by atoms with Crippen molar-refractivity contribution in [3.63, 3.8) is 0 Å². The predicted molar refractivity (Wildman–Crippen MR) is 419 cm³/mol. The quantitative estimate of drug-likeness (QED) is 0.0276. The van der Waals surface area contributed by atoms with Crippen molar-refractivity contribution in [2.45, 2.75) is 179 Å². The number of imidazole rings is 2. The van der Waals surface area contributed by atoms with Gasteiger partial charge in [-0.25, -0.2) is 9.97 Å². The van der Waals surface area contributed by atoms with E-state index in [0.717, 1.165) is 10.9 Å². The molecule has 112 heavy (non-hydrogen) atoms. The molecule has 9 rings (SSSR count). The first kappa shape index (κ1) is 83.6. The Morgan fingerprint density at radius 2 is 0.821 bits per heavy atom. The summed E-state index contributed by atoms with van der Waals surface area (Å²) in [6.45, 7) is 5.87. The molecule has 31 heteroatoms. The van der Waals surface area contributed by atoms with E-state index in [-0.39, 0.29) is 102 Å². The van der Waals surface area contributed by atoms with Gasteiger partial charge in [-0.2, -0.15) is 0 Å². The minimum absolute atomic E-state index is 0.0157. The van der Waals surface area contributed by atoms with Crippen LogP contribution in [-0.4, -0.2) is 167 Å². The smallest absolute Gasteiger partial charge is 0.243 e. The van der Waals surface area contributed by atoms with Crippen molar-refractivity contribution in [1.82, 2.24) is 77.8 Å². The Labute approximate surface area is 647 Å². The number of Topliss-reactive ketones (excluding diaryl/α,β-unsaturated/α-hetero) is 4. The maximum absolute atomic E-state index is 15.2. The van der Waals surface area contributed by atoms with Crippen molar-refractivity contribution in [2.75, 3.05) is 6.54 Å². The number of benzene rings is 4. The number of unbranched alkanes of at least 4 members (excludes halogenated alkanes) is 1. The van der Waals surface area contributed by atoms with E-state index in [2.05, 4.69) is 77.8 Å². The van der Waals surface area contributed by atoms with Gasteiger partial charge in [-0.1, -0.05) is 117 Å². The number of fused-ring (bicyclic) bond motifs is 2. The van der Waals surface area contributed by atoms with Crippen molar-refractivity contribution < 1.29 is 57.5 Å². The van der Waals surface area contributed by atoms with Crippen LogP contribution in [0.5, 0.6) is 0 Å². The van der Waals surface area contributed by atoms with E-state index in [4.69, 9.17) is 22.3 Å². The van der Waals surface area contributed by atoms with Gasteiger partial charge in [-0.15, -0.1) is 0 Å². The summed E-state index contributed by atoms with van der Waals surface area (Å²) in [6, 6.07) is 20.7. The van der Waals surface area contributed by atoms with Gasteiger partial charge in [0.25, 0.3) is 0 Å². The number of hydrogen-bond donors (Lipinski definition) is 17. The second-order valence-electron chi connectivity index (χ2n) is 29.0. The van der Waals surface area contributed by atoms with Gasteiger partial charge in [0, 0.05) is 135 Å². The number of carbonyl (C=O) groups excluding carboxylic acids is 12.